The molecule has 1 aliphatic rings. The normalized spacial score (nSPS) is 20.0. The fourth-order valence-electron chi connectivity index (χ4n) is 1.18. The molecule has 1 unspecified atom stereocenters. The van der Waals surface area contributed by atoms with E-state index in [0.29, 0.717) is 0 Å². The van der Waals surface area contributed by atoms with Crippen molar-refractivity contribution in [3.05, 3.63) is 46.2 Å². The van der Waals surface area contributed by atoms with Crippen molar-refractivity contribution in [2.24, 2.45) is 11.7 Å². The Kier molecular flexibility index (Phi) is 2.81. The maximum absolute atomic E-state index is 10.8. The van der Waals surface area contributed by atoms with Gasteiger partial charge in [0.05, 0.1) is 11.3 Å². The van der Waals surface area contributed by atoms with Crippen molar-refractivity contribution in [3.8, 4) is 0 Å². The molecule has 74 valence electrons. The molecule has 0 fully saturated rings. The third-order valence-electron chi connectivity index (χ3n) is 2.00. The quantitative estimate of drug-likeness (QED) is 0.311. The predicted octanol–water partition coefficient (Wildman–Crippen LogP) is 0.765. The van der Waals surface area contributed by atoms with Gasteiger partial charge in [-0.1, -0.05) is 18.7 Å². The maximum atomic E-state index is 10.8. The summed E-state index contributed by atoms with van der Waals surface area (Å²) in [7, 11) is 0. The average molecular weight is 194 g/mol. The third kappa shape index (κ3) is 2.07. The predicted molar refractivity (Wildman–Crippen MR) is 50.7 cm³/mol. The van der Waals surface area contributed by atoms with Gasteiger partial charge in [-0.05, 0) is 0 Å². The summed E-state index contributed by atoms with van der Waals surface area (Å²) in [5, 5.41) is 10.4. The summed E-state index contributed by atoms with van der Waals surface area (Å²) in [5.74, 6) is -1.08. The van der Waals surface area contributed by atoms with E-state index in [1.54, 1.807) is 12.2 Å². The van der Waals surface area contributed by atoms with Gasteiger partial charge in [0, 0.05) is 17.6 Å². The first-order chi connectivity index (χ1) is 6.52. The Morgan fingerprint density at radius 2 is 2.36 bits per heavy atom. The lowest BCUT2D eigenvalue weighted by atomic mass is 9.94. The van der Waals surface area contributed by atoms with E-state index in [-0.39, 0.29) is 17.7 Å². The molecule has 0 bridgehead atoms. The van der Waals surface area contributed by atoms with Crippen LogP contribution in [-0.4, -0.2) is 10.8 Å². The second-order valence-electron chi connectivity index (χ2n) is 2.96. The summed E-state index contributed by atoms with van der Waals surface area (Å²) in [5.41, 5.74) is 5.25. The van der Waals surface area contributed by atoms with Crippen LogP contribution in [0.3, 0.4) is 0 Å². The Morgan fingerprint density at radius 3 is 2.86 bits per heavy atom. The van der Waals surface area contributed by atoms with Crippen LogP contribution in [0.5, 0.6) is 0 Å². The number of allylic oxidation sites excluding steroid dienone is 3. The summed E-state index contributed by atoms with van der Waals surface area (Å²) in [6, 6.07) is 0. The molecule has 5 nitrogen and oxygen atoms in total. The molecule has 5 heteroatoms. The first-order valence-electron chi connectivity index (χ1n) is 4.02. The molecule has 1 rings (SSSR count). The Balaban J connectivity index is 2.86. The van der Waals surface area contributed by atoms with Crippen LogP contribution in [0.25, 0.3) is 0 Å². The summed E-state index contributed by atoms with van der Waals surface area (Å²) in [6.07, 6.45) is 4.99. The van der Waals surface area contributed by atoms with Gasteiger partial charge in [-0.25, -0.2) is 0 Å². The number of nitro groups is 1. The second-order valence-corrected chi connectivity index (χ2v) is 2.96. The second kappa shape index (κ2) is 3.87. The van der Waals surface area contributed by atoms with Crippen LogP contribution in [0.4, 0.5) is 0 Å². The number of hydrogen-bond acceptors (Lipinski definition) is 3. The van der Waals surface area contributed by atoms with E-state index in [1.807, 2.05) is 0 Å². The zero-order chi connectivity index (χ0) is 10.7. The standard InChI is InChI=1S/C9H10N2O3/c1-6(9(10)12)7-3-2-4-8(5-7)11(13)14/h2-3,5,7H,1,4H2,(H2,10,12). The van der Waals surface area contributed by atoms with Gasteiger partial charge in [0.25, 0.3) is 0 Å². The molecule has 14 heavy (non-hydrogen) atoms. The highest BCUT2D eigenvalue weighted by atomic mass is 16.6. The van der Waals surface area contributed by atoms with E-state index in [2.05, 4.69) is 6.58 Å². The van der Waals surface area contributed by atoms with Crippen molar-refractivity contribution in [1.29, 1.82) is 0 Å². The molecule has 0 radical (unpaired) electrons. The van der Waals surface area contributed by atoms with Gasteiger partial charge in [0.2, 0.25) is 11.6 Å². The van der Waals surface area contributed by atoms with Gasteiger partial charge in [0.15, 0.2) is 0 Å². The molecular formula is C9H10N2O3. The molecule has 0 saturated heterocycles. The fraction of sp³-hybridized carbons (Fsp3) is 0.222. The number of nitrogens with two attached hydrogens (primary N) is 1. The minimum Gasteiger partial charge on any atom is -0.366 e. The van der Waals surface area contributed by atoms with Crippen molar-refractivity contribution in [3.63, 3.8) is 0 Å². The molecule has 1 aliphatic carbocycles. The molecule has 1 atom stereocenters. The number of carbonyl (C=O) groups is 1. The SMILES string of the molecule is C=C(C(N)=O)C1C=CCC([N+](=O)[O-])=C1. The number of carbonyl (C=O) groups excluding carboxylic acids is 1. The number of amides is 1. The van der Waals surface area contributed by atoms with Gasteiger partial charge in [0.1, 0.15) is 0 Å². The van der Waals surface area contributed by atoms with E-state index in [0.717, 1.165) is 0 Å². The van der Waals surface area contributed by atoms with E-state index in [4.69, 9.17) is 5.73 Å². The molecule has 0 aliphatic heterocycles. The molecule has 0 heterocycles. The molecule has 0 saturated carbocycles. The third-order valence-corrected chi connectivity index (χ3v) is 2.00. The van der Waals surface area contributed by atoms with Crippen LogP contribution in [-0.2, 0) is 4.79 Å². The lowest BCUT2D eigenvalue weighted by molar-refractivity contribution is -0.427. The number of hydrogen-bond donors (Lipinski definition) is 1. The van der Waals surface area contributed by atoms with E-state index < -0.39 is 16.7 Å². The molecule has 2 N–H and O–H groups in total. The van der Waals surface area contributed by atoms with Gasteiger partial charge in [-0.2, -0.15) is 0 Å². The topological polar surface area (TPSA) is 86.2 Å². The Morgan fingerprint density at radius 1 is 1.71 bits per heavy atom. The first-order valence-corrected chi connectivity index (χ1v) is 4.02. The maximum Gasteiger partial charge on any atom is 0.246 e. The molecule has 0 spiro atoms. The zero-order valence-corrected chi connectivity index (χ0v) is 7.47. The van der Waals surface area contributed by atoms with Crippen molar-refractivity contribution in [2.45, 2.75) is 6.42 Å². The summed E-state index contributed by atoms with van der Waals surface area (Å²) in [6.45, 7) is 3.48. The van der Waals surface area contributed by atoms with Crippen LogP contribution in [0.2, 0.25) is 0 Å². The molecule has 0 aromatic rings. The molecule has 0 aromatic carbocycles. The summed E-state index contributed by atoms with van der Waals surface area (Å²) >= 11 is 0. The number of nitrogens with zero attached hydrogens (tertiary/aromatic N) is 1. The molecule has 1 amide bonds. The van der Waals surface area contributed by atoms with E-state index in [9.17, 15) is 14.9 Å². The minimum atomic E-state index is -0.638. The van der Waals surface area contributed by atoms with Crippen LogP contribution in [0, 0.1) is 16.0 Å². The smallest absolute Gasteiger partial charge is 0.246 e. The Labute approximate surface area is 80.7 Å². The van der Waals surface area contributed by atoms with E-state index in [1.165, 1.54) is 6.08 Å². The first kappa shape index (κ1) is 10.2. The number of primary amides is 1. The van der Waals surface area contributed by atoms with Gasteiger partial charge in [-0.15, -0.1) is 0 Å². The highest BCUT2D eigenvalue weighted by molar-refractivity contribution is 5.92. The highest BCUT2D eigenvalue weighted by Gasteiger charge is 2.20. The fourth-order valence-corrected chi connectivity index (χ4v) is 1.18. The lowest BCUT2D eigenvalue weighted by Crippen LogP contribution is -2.19. The summed E-state index contributed by atoms with van der Waals surface area (Å²) in [4.78, 5) is 20.7. The van der Waals surface area contributed by atoms with Crippen molar-refractivity contribution >= 4 is 5.91 Å². The van der Waals surface area contributed by atoms with Crippen molar-refractivity contribution in [2.75, 3.05) is 0 Å². The van der Waals surface area contributed by atoms with Crippen LogP contribution >= 0.6 is 0 Å². The number of rotatable bonds is 3. The molecule has 0 aromatic heterocycles. The summed E-state index contributed by atoms with van der Waals surface area (Å²) < 4.78 is 0. The lowest BCUT2D eigenvalue weighted by Gasteiger charge is -2.11. The van der Waals surface area contributed by atoms with Crippen LogP contribution in [0.1, 0.15) is 6.42 Å². The van der Waals surface area contributed by atoms with E-state index >= 15 is 0 Å². The Bertz CT molecular complexity index is 355. The van der Waals surface area contributed by atoms with Gasteiger partial charge < -0.3 is 5.73 Å². The monoisotopic (exact) mass is 194 g/mol. The van der Waals surface area contributed by atoms with Crippen LogP contribution < -0.4 is 5.73 Å². The Hall–Kier alpha value is -1.91. The molecular weight excluding hydrogens is 184 g/mol. The van der Waals surface area contributed by atoms with Gasteiger partial charge >= 0.3 is 0 Å². The van der Waals surface area contributed by atoms with Crippen LogP contribution in [0.15, 0.2) is 36.1 Å². The van der Waals surface area contributed by atoms with Crippen molar-refractivity contribution < 1.29 is 9.72 Å². The minimum absolute atomic E-state index is 0.0694. The van der Waals surface area contributed by atoms with Crippen molar-refractivity contribution in [1.82, 2.24) is 0 Å². The largest absolute Gasteiger partial charge is 0.366 e. The zero-order valence-electron chi connectivity index (χ0n) is 7.47. The highest BCUT2D eigenvalue weighted by Crippen LogP contribution is 2.21. The van der Waals surface area contributed by atoms with Gasteiger partial charge in [-0.3, -0.25) is 14.9 Å². The average Bonchev–Trinajstić information content (AvgIpc) is 2.16.